The van der Waals surface area contributed by atoms with Crippen LogP contribution < -0.4 is 9.03 Å². The van der Waals surface area contributed by atoms with Crippen molar-refractivity contribution in [3.63, 3.8) is 0 Å². The highest BCUT2D eigenvalue weighted by atomic mass is 32.2. The summed E-state index contributed by atoms with van der Waals surface area (Å²) in [5, 5.41) is 9.32. The third-order valence-corrected chi connectivity index (χ3v) is 6.13. The zero-order valence-corrected chi connectivity index (χ0v) is 14.4. The third kappa shape index (κ3) is 2.72. The number of halogens is 1. The third-order valence-electron chi connectivity index (χ3n) is 4.75. The highest BCUT2D eigenvalue weighted by Gasteiger charge is 2.34. The fraction of sp³-hybridized carbons (Fsp3) is 0.278. The number of anilines is 2. The number of nitrogens with zero attached hydrogens (tertiary/aromatic N) is 2. The fourth-order valence-electron chi connectivity index (χ4n) is 3.19. The van der Waals surface area contributed by atoms with Gasteiger partial charge in [-0.15, -0.1) is 0 Å². The lowest BCUT2D eigenvalue weighted by Gasteiger charge is -2.14. The average Bonchev–Trinajstić information content (AvgIpc) is 3.35. The second-order valence-electron chi connectivity index (χ2n) is 6.55. The molecule has 1 aliphatic heterocycles. The average molecular weight is 357 g/mol. The van der Waals surface area contributed by atoms with Crippen LogP contribution in [0.2, 0.25) is 0 Å². The largest absolute Gasteiger partial charge is 0.323 e. The minimum absolute atomic E-state index is 0.230. The molecule has 0 atom stereocenters. The van der Waals surface area contributed by atoms with E-state index in [1.54, 1.807) is 12.1 Å². The molecule has 0 spiro atoms. The Balaban J connectivity index is 1.91. The van der Waals surface area contributed by atoms with Crippen molar-refractivity contribution in [1.82, 2.24) is 0 Å². The zero-order valence-electron chi connectivity index (χ0n) is 13.6. The quantitative estimate of drug-likeness (QED) is 0.915. The van der Waals surface area contributed by atoms with Crippen LogP contribution in [0.1, 0.15) is 24.0 Å². The first-order chi connectivity index (χ1) is 11.9. The van der Waals surface area contributed by atoms with Gasteiger partial charge in [0.15, 0.2) is 0 Å². The molecule has 5 nitrogen and oxygen atoms in total. The lowest BCUT2D eigenvalue weighted by molar-refractivity contribution is 0.601. The molecule has 1 heterocycles. The van der Waals surface area contributed by atoms with E-state index in [4.69, 9.17) is 0 Å². The summed E-state index contributed by atoms with van der Waals surface area (Å²) in [6.07, 6.45) is 3.07. The van der Waals surface area contributed by atoms with Gasteiger partial charge in [-0.2, -0.15) is 13.7 Å². The maximum atomic E-state index is 13.4. The monoisotopic (exact) mass is 357 g/mol. The Labute approximate surface area is 145 Å². The smallest absolute Gasteiger partial charge is 0.264 e. The van der Waals surface area contributed by atoms with Crippen molar-refractivity contribution >= 4 is 21.6 Å². The molecular weight excluding hydrogens is 341 g/mol. The lowest BCUT2D eigenvalue weighted by Crippen LogP contribution is -2.25. The fourth-order valence-corrected chi connectivity index (χ4v) is 4.22. The molecule has 2 aromatic carbocycles. The first-order valence-corrected chi connectivity index (χ1v) is 9.46. The van der Waals surface area contributed by atoms with E-state index in [1.165, 1.54) is 23.5 Å². The Morgan fingerprint density at radius 3 is 2.76 bits per heavy atom. The van der Waals surface area contributed by atoms with Crippen molar-refractivity contribution < 1.29 is 12.8 Å². The summed E-state index contributed by atoms with van der Waals surface area (Å²) in [6.45, 7) is 0. The van der Waals surface area contributed by atoms with E-state index in [0.717, 1.165) is 30.4 Å². The van der Waals surface area contributed by atoms with Crippen LogP contribution >= 0.6 is 0 Å². The summed E-state index contributed by atoms with van der Waals surface area (Å²) in [4.78, 5) is 0. The van der Waals surface area contributed by atoms with Crippen LogP contribution in [-0.4, -0.2) is 15.5 Å². The molecule has 1 fully saturated rings. The SMILES string of the molecule is CN1c2cc(-c3ccc(F)cc3C#N)cc(CC3CC3)c2NS1(=O)=O. The minimum atomic E-state index is -3.59. The van der Waals surface area contributed by atoms with Gasteiger partial charge in [-0.3, -0.25) is 9.03 Å². The summed E-state index contributed by atoms with van der Waals surface area (Å²) in [7, 11) is -2.09. The van der Waals surface area contributed by atoms with E-state index in [-0.39, 0.29) is 5.56 Å². The van der Waals surface area contributed by atoms with Gasteiger partial charge in [-0.25, -0.2) is 4.39 Å². The van der Waals surface area contributed by atoms with Crippen LogP contribution in [0.5, 0.6) is 0 Å². The predicted molar refractivity (Wildman–Crippen MR) is 93.9 cm³/mol. The maximum absolute atomic E-state index is 13.4. The van der Waals surface area contributed by atoms with Crippen molar-refractivity contribution in [2.24, 2.45) is 5.92 Å². The summed E-state index contributed by atoms with van der Waals surface area (Å²) >= 11 is 0. The van der Waals surface area contributed by atoms with E-state index in [2.05, 4.69) is 4.72 Å². The zero-order chi connectivity index (χ0) is 17.8. The molecule has 1 saturated carbocycles. The van der Waals surface area contributed by atoms with Gasteiger partial charge in [0.2, 0.25) is 0 Å². The van der Waals surface area contributed by atoms with Crippen molar-refractivity contribution in [3.05, 3.63) is 47.3 Å². The van der Waals surface area contributed by atoms with E-state index < -0.39 is 16.0 Å². The highest BCUT2D eigenvalue weighted by Crippen LogP contribution is 2.44. The molecule has 0 aromatic heterocycles. The van der Waals surface area contributed by atoms with Crippen molar-refractivity contribution in [2.45, 2.75) is 19.3 Å². The first kappa shape index (κ1) is 15.9. The van der Waals surface area contributed by atoms with Gasteiger partial charge >= 0.3 is 10.2 Å². The van der Waals surface area contributed by atoms with E-state index >= 15 is 0 Å². The van der Waals surface area contributed by atoms with Gasteiger partial charge in [0, 0.05) is 7.05 Å². The van der Waals surface area contributed by atoms with E-state index in [0.29, 0.717) is 22.9 Å². The van der Waals surface area contributed by atoms with Crippen LogP contribution in [0.4, 0.5) is 15.8 Å². The van der Waals surface area contributed by atoms with Gasteiger partial charge < -0.3 is 0 Å². The molecule has 4 rings (SSSR count). The van der Waals surface area contributed by atoms with Crippen LogP contribution in [-0.2, 0) is 16.6 Å². The number of nitrogens with one attached hydrogen (secondary N) is 1. The molecule has 0 unspecified atom stereocenters. The normalized spacial score (nSPS) is 17.7. The number of benzene rings is 2. The van der Waals surface area contributed by atoms with Crippen molar-refractivity contribution in [3.8, 4) is 17.2 Å². The Kier molecular flexibility index (Phi) is 3.48. The van der Waals surface area contributed by atoms with E-state index in [1.807, 2.05) is 12.1 Å². The topological polar surface area (TPSA) is 73.2 Å². The molecule has 7 heteroatoms. The molecular formula is C18H16FN3O2S. The van der Waals surface area contributed by atoms with Crippen LogP contribution in [0, 0.1) is 23.1 Å². The molecule has 128 valence electrons. The van der Waals surface area contributed by atoms with Gasteiger partial charge in [0.05, 0.1) is 23.0 Å². The lowest BCUT2D eigenvalue weighted by atomic mass is 9.95. The number of hydrogen-bond acceptors (Lipinski definition) is 3. The molecule has 0 saturated heterocycles. The summed E-state index contributed by atoms with van der Waals surface area (Å²) < 4.78 is 41.7. The van der Waals surface area contributed by atoms with Crippen molar-refractivity contribution in [2.75, 3.05) is 16.1 Å². The van der Waals surface area contributed by atoms with Crippen LogP contribution in [0.3, 0.4) is 0 Å². The Hall–Kier alpha value is -2.59. The minimum Gasteiger partial charge on any atom is -0.264 e. The molecule has 2 aliphatic rings. The predicted octanol–water partition coefficient (Wildman–Crippen LogP) is 3.42. The second-order valence-corrected chi connectivity index (χ2v) is 8.26. The number of rotatable bonds is 3. The number of nitriles is 1. The first-order valence-electron chi connectivity index (χ1n) is 8.02. The molecule has 2 aromatic rings. The molecule has 0 radical (unpaired) electrons. The van der Waals surface area contributed by atoms with Gasteiger partial charge in [-0.05, 0) is 66.1 Å². The standard InChI is InChI=1S/C18H16FN3O2S/c1-22-17-9-12(16-5-4-15(19)8-14(16)10-20)7-13(6-11-2-3-11)18(17)21-25(22,23)24/h4-5,7-9,11,21H,2-3,6H2,1H3. The molecule has 0 bridgehead atoms. The summed E-state index contributed by atoms with van der Waals surface area (Å²) in [6, 6.07) is 9.73. The van der Waals surface area contributed by atoms with Crippen LogP contribution in [0.15, 0.2) is 30.3 Å². The van der Waals surface area contributed by atoms with Gasteiger partial charge in [0.1, 0.15) is 5.82 Å². The van der Waals surface area contributed by atoms with E-state index in [9.17, 15) is 18.1 Å². The Morgan fingerprint density at radius 2 is 2.08 bits per heavy atom. The summed E-state index contributed by atoms with van der Waals surface area (Å²) in [5.41, 5.74) is 3.63. The Bertz CT molecular complexity index is 1020. The molecule has 1 aliphatic carbocycles. The van der Waals surface area contributed by atoms with Gasteiger partial charge in [0.25, 0.3) is 0 Å². The number of hydrogen-bond donors (Lipinski definition) is 1. The molecule has 0 amide bonds. The van der Waals surface area contributed by atoms with Crippen molar-refractivity contribution in [1.29, 1.82) is 5.26 Å². The summed E-state index contributed by atoms with van der Waals surface area (Å²) in [5.74, 6) is 0.0967. The van der Waals surface area contributed by atoms with Gasteiger partial charge in [-0.1, -0.05) is 6.07 Å². The molecule has 25 heavy (non-hydrogen) atoms. The van der Waals surface area contributed by atoms with Crippen LogP contribution in [0.25, 0.3) is 11.1 Å². The molecule has 1 N–H and O–H groups in total. The second kappa shape index (κ2) is 5.46. The number of fused-ring (bicyclic) bond motifs is 1. The Morgan fingerprint density at radius 1 is 1.32 bits per heavy atom. The highest BCUT2D eigenvalue weighted by molar-refractivity contribution is 7.94. The maximum Gasteiger partial charge on any atom is 0.323 e.